The predicted molar refractivity (Wildman–Crippen MR) is 89.9 cm³/mol. The van der Waals surface area contributed by atoms with Crippen LogP contribution in [0, 0.1) is 0 Å². The Morgan fingerprint density at radius 1 is 1.21 bits per heavy atom. The lowest BCUT2D eigenvalue weighted by Crippen LogP contribution is -2.27. The Balaban J connectivity index is 2.40. The van der Waals surface area contributed by atoms with E-state index in [-0.39, 0.29) is 27.5 Å². The number of rotatable bonds is 3. The van der Waals surface area contributed by atoms with Crippen LogP contribution in [-0.2, 0) is 0 Å². The zero-order valence-corrected chi connectivity index (χ0v) is 13.5. The van der Waals surface area contributed by atoms with Gasteiger partial charge in [0.1, 0.15) is 5.82 Å². The van der Waals surface area contributed by atoms with Gasteiger partial charge in [-0.1, -0.05) is 29.8 Å². The van der Waals surface area contributed by atoms with Gasteiger partial charge in [0.15, 0.2) is 0 Å². The average molecular weight is 350 g/mol. The molecule has 1 aromatic heterocycles. The van der Waals surface area contributed by atoms with Crippen molar-refractivity contribution in [2.75, 3.05) is 0 Å². The van der Waals surface area contributed by atoms with Crippen molar-refractivity contribution in [2.24, 2.45) is 5.73 Å². The third-order valence-corrected chi connectivity index (χ3v) is 3.98. The van der Waals surface area contributed by atoms with Crippen molar-refractivity contribution in [2.45, 2.75) is 19.4 Å². The van der Waals surface area contributed by atoms with Gasteiger partial charge in [-0.05, 0) is 31.2 Å². The Kier molecular flexibility index (Phi) is 4.34. The lowest BCUT2D eigenvalue weighted by molar-refractivity contribution is 0.151. The van der Waals surface area contributed by atoms with Crippen LogP contribution in [0.1, 0.15) is 30.8 Å². The summed E-state index contributed by atoms with van der Waals surface area (Å²) in [5, 5.41) is 0.478. The first kappa shape index (κ1) is 16.5. The highest BCUT2D eigenvalue weighted by molar-refractivity contribution is 6.35. The molecule has 7 heteroatoms. The molecule has 124 valence electrons. The average Bonchev–Trinajstić information content (AvgIpc) is 2.54. The van der Waals surface area contributed by atoms with Crippen LogP contribution in [0.5, 0.6) is 0 Å². The minimum absolute atomic E-state index is 0.186. The van der Waals surface area contributed by atoms with Crippen molar-refractivity contribution in [1.29, 1.82) is 0 Å². The second-order valence-corrected chi connectivity index (χ2v) is 5.84. The molecule has 3 aromatic rings. The number of hydrogen-bond acceptors (Lipinski definition) is 3. The van der Waals surface area contributed by atoms with Crippen molar-refractivity contribution in [3.63, 3.8) is 0 Å². The third kappa shape index (κ3) is 2.79. The zero-order valence-electron chi connectivity index (χ0n) is 12.7. The summed E-state index contributed by atoms with van der Waals surface area (Å²) in [4.78, 5) is 17.4. The van der Waals surface area contributed by atoms with E-state index in [4.69, 9.17) is 17.3 Å². The number of aromatic nitrogens is 2. The maximum absolute atomic E-state index is 13.0. The van der Waals surface area contributed by atoms with Crippen molar-refractivity contribution in [3.05, 3.63) is 69.2 Å². The number of halogens is 3. The smallest absolute Gasteiger partial charge is 0.267 e. The Morgan fingerprint density at radius 2 is 1.92 bits per heavy atom. The lowest BCUT2D eigenvalue weighted by atomic mass is 10.1. The molecule has 0 bridgehead atoms. The van der Waals surface area contributed by atoms with Gasteiger partial charge in [0.2, 0.25) is 0 Å². The fourth-order valence-electron chi connectivity index (χ4n) is 2.56. The van der Waals surface area contributed by atoms with Crippen LogP contribution in [0.25, 0.3) is 16.6 Å². The fraction of sp³-hybridized carbons (Fsp3) is 0.176. The van der Waals surface area contributed by atoms with Gasteiger partial charge in [-0.15, -0.1) is 0 Å². The predicted octanol–water partition coefficient (Wildman–Crippen LogP) is 4.00. The van der Waals surface area contributed by atoms with Crippen LogP contribution in [0.2, 0.25) is 5.02 Å². The molecular weight excluding hydrogens is 336 g/mol. The van der Waals surface area contributed by atoms with E-state index in [1.165, 1.54) is 22.8 Å². The first-order chi connectivity index (χ1) is 11.4. The normalized spacial score (nSPS) is 12.8. The highest BCUT2D eigenvalue weighted by atomic mass is 35.5. The first-order valence-corrected chi connectivity index (χ1v) is 7.63. The summed E-state index contributed by atoms with van der Waals surface area (Å²) in [5.74, 6) is 0.279. The summed E-state index contributed by atoms with van der Waals surface area (Å²) < 4.78 is 27.2. The maximum atomic E-state index is 13.0. The number of hydrogen-bond donors (Lipinski definition) is 1. The van der Waals surface area contributed by atoms with Gasteiger partial charge < -0.3 is 5.73 Å². The first-order valence-electron chi connectivity index (χ1n) is 7.25. The van der Waals surface area contributed by atoms with Crippen molar-refractivity contribution < 1.29 is 8.78 Å². The SMILES string of the molecule is C[C@H](N)c1nc2cccc(Cl)c2c(=O)n1-c1cccc(C(F)F)c1. The summed E-state index contributed by atoms with van der Waals surface area (Å²) in [5.41, 5.74) is 6.01. The van der Waals surface area contributed by atoms with E-state index in [1.807, 2.05) is 0 Å². The number of fused-ring (bicyclic) bond motifs is 1. The Labute approximate surface area is 141 Å². The highest BCUT2D eigenvalue weighted by Gasteiger charge is 2.18. The van der Waals surface area contributed by atoms with E-state index in [9.17, 15) is 13.6 Å². The van der Waals surface area contributed by atoms with Gasteiger partial charge in [0, 0.05) is 5.56 Å². The van der Waals surface area contributed by atoms with Crippen molar-refractivity contribution in [3.8, 4) is 5.69 Å². The molecule has 0 saturated heterocycles. The van der Waals surface area contributed by atoms with Gasteiger partial charge in [-0.3, -0.25) is 9.36 Å². The number of alkyl halides is 2. The largest absolute Gasteiger partial charge is 0.322 e. The van der Waals surface area contributed by atoms with E-state index in [1.54, 1.807) is 31.2 Å². The van der Waals surface area contributed by atoms with Crippen LogP contribution in [0.4, 0.5) is 8.78 Å². The van der Waals surface area contributed by atoms with Crippen LogP contribution in [0.15, 0.2) is 47.3 Å². The molecule has 2 N–H and O–H groups in total. The van der Waals surface area contributed by atoms with Gasteiger partial charge >= 0.3 is 0 Å². The molecule has 0 aliphatic heterocycles. The topological polar surface area (TPSA) is 60.9 Å². The molecule has 24 heavy (non-hydrogen) atoms. The van der Waals surface area contributed by atoms with E-state index in [0.29, 0.717) is 5.52 Å². The molecule has 4 nitrogen and oxygen atoms in total. The Morgan fingerprint density at radius 3 is 2.58 bits per heavy atom. The summed E-state index contributed by atoms with van der Waals surface area (Å²) in [6.07, 6.45) is -2.64. The van der Waals surface area contributed by atoms with Gasteiger partial charge in [0.25, 0.3) is 12.0 Å². The second-order valence-electron chi connectivity index (χ2n) is 5.43. The quantitative estimate of drug-likeness (QED) is 0.777. The Hall–Kier alpha value is -2.31. The third-order valence-electron chi connectivity index (χ3n) is 3.66. The molecule has 2 aromatic carbocycles. The standard InChI is InChI=1S/C17H14ClF2N3O/c1-9(21)16-22-13-7-3-6-12(18)14(13)17(24)23(16)11-5-2-4-10(8-11)15(19)20/h2-9,15H,21H2,1H3/t9-/m0/s1. The lowest BCUT2D eigenvalue weighted by Gasteiger charge is -2.17. The van der Waals surface area contributed by atoms with Gasteiger partial charge in [-0.2, -0.15) is 0 Å². The van der Waals surface area contributed by atoms with Crippen LogP contribution in [0.3, 0.4) is 0 Å². The summed E-state index contributed by atoms with van der Waals surface area (Å²) in [7, 11) is 0. The molecule has 0 saturated carbocycles. The molecule has 0 aliphatic carbocycles. The highest BCUT2D eigenvalue weighted by Crippen LogP contribution is 2.24. The maximum Gasteiger partial charge on any atom is 0.267 e. The molecule has 0 unspecified atom stereocenters. The molecule has 0 amide bonds. The Bertz CT molecular complexity index is 970. The molecular formula is C17H14ClF2N3O. The van der Waals surface area contributed by atoms with E-state index in [0.717, 1.165) is 0 Å². The summed E-state index contributed by atoms with van der Waals surface area (Å²) >= 11 is 6.13. The van der Waals surface area contributed by atoms with Crippen LogP contribution in [-0.4, -0.2) is 9.55 Å². The molecule has 0 radical (unpaired) electrons. The summed E-state index contributed by atoms with van der Waals surface area (Å²) in [6.45, 7) is 1.67. The fourth-order valence-corrected chi connectivity index (χ4v) is 2.81. The van der Waals surface area contributed by atoms with E-state index < -0.39 is 18.0 Å². The summed E-state index contributed by atoms with van der Waals surface area (Å²) in [6, 6.07) is 9.93. The minimum atomic E-state index is -2.64. The minimum Gasteiger partial charge on any atom is -0.322 e. The number of nitrogens with two attached hydrogens (primary N) is 1. The zero-order chi connectivity index (χ0) is 17.4. The molecule has 0 fully saturated rings. The van der Waals surface area contributed by atoms with Gasteiger partial charge in [0.05, 0.1) is 27.7 Å². The monoisotopic (exact) mass is 349 g/mol. The molecule has 0 aliphatic rings. The molecule has 3 rings (SSSR count). The molecule has 1 atom stereocenters. The van der Waals surface area contributed by atoms with Gasteiger partial charge in [-0.25, -0.2) is 13.8 Å². The van der Waals surface area contributed by atoms with Crippen LogP contribution >= 0.6 is 11.6 Å². The van der Waals surface area contributed by atoms with E-state index in [2.05, 4.69) is 4.98 Å². The number of nitrogens with zero attached hydrogens (tertiary/aromatic N) is 2. The second kappa shape index (κ2) is 6.30. The van der Waals surface area contributed by atoms with Crippen molar-refractivity contribution >= 4 is 22.5 Å². The van der Waals surface area contributed by atoms with E-state index >= 15 is 0 Å². The van der Waals surface area contributed by atoms with Crippen molar-refractivity contribution in [1.82, 2.24) is 9.55 Å². The number of benzene rings is 2. The molecule has 1 heterocycles. The molecule has 0 spiro atoms. The van der Waals surface area contributed by atoms with Crippen LogP contribution < -0.4 is 11.3 Å².